The van der Waals surface area contributed by atoms with E-state index in [2.05, 4.69) is 4.98 Å². The molecule has 0 saturated heterocycles. The van der Waals surface area contributed by atoms with Gasteiger partial charge in [-0.15, -0.1) is 0 Å². The second-order valence-corrected chi connectivity index (χ2v) is 4.46. The number of aromatic nitrogens is 1. The van der Waals surface area contributed by atoms with Crippen molar-refractivity contribution in [3.63, 3.8) is 0 Å². The van der Waals surface area contributed by atoms with Crippen molar-refractivity contribution in [1.82, 2.24) is 4.98 Å². The molecule has 1 aromatic heterocycles. The summed E-state index contributed by atoms with van der Waals surface area (Å²) in [5.41, 5.74) is 1.61. The molecular formula is C16H14FNO2. The first-order valence-electron chi connectivity index (χ1n) is 6.29. The van der Waals surface area contributed by atoms with Gasteiger partial charge in [0.1, 0.15) is 23.9 Å². The molecule has 3 aromatic rings. The van der Waals surface area contributed by atoms with E-state index < -0.39 is 0 Å². The van der Waals surface area contributed by atoms with Crippen LogP contribution in [0.1, 0.15) is 5.69 Å². The van der Waals surface area contributed by atoms with Gasteiger partial charge in [-0.05, 0) is 42.5 Å². The Labute approximate surface area is 116 Å². The molecule has 0 aliphatic heterocycles. The summed E-state index contributed by atoms with van der Waals surface area (Å²) in [6.07, 6.45) is 0. The number of fused-ring (bicyclic) bond motifs is 1. The largest absolute Gasteiger partial charge is 0.497 e. The van der Waals surface area contributed by atoms with E-state index in [4.69, 9.17) is 9.47 Å². The molecule has 0 bridgehead atoms. The molecule has 0 aliphatic rings. The van der Waals surface area contributed by atoms with Crippen LogP contribution < -0.4 is 9.47 Å². The third kappa shape index (κ3) is 2.45. The van der Waals surface area contributed by atoms with Gasteiger partial charge < -0.3 is 14.5 Å². The second-order valence-electron chi connectivity index (χ2n) is 4.46. The average molecular weight is 271 g/mol. The van der Waals surface area contributed by atoms with Crippen molar-refractivity contribution in [3.05, 3.63) is 60.0 Å². The lowest BCUT2D eigenvalue weighted by atomic mass is 10.2. The molecule has 2 aromatic carbocycles. The van der Waals surface area contributed by atoms with Crippen LogP contribution in [0.3, 0.4) is 0 Å². The van der Waals surface area contributed by atoms with Gasteiger partial charge in [0.15, 0.2) is 0 Å². The van der Waals surface area contributed by atoms with Gasteiger partial charge >= 0.3 is 0 Å². The molecule has 1 N–H and O–H groups in total. The molecule has 0 spiro atoms. The zero-order chi connectivity index (χ0) is 13.9. The van der Waals surface area contributed by atoms with Crippen LogP contribution in [0.4, 0.5) is 4.39 Å². The molecule has 0 saturated carbocycles. The molecule has 0 unspecified atom stereocenters. The topological polar surface area (TPSA) is 34.2 Å². The van der Waals surface area contributed by atoms with E-state index >= 15 is 0 Å². The van der Waals surface area contributed by atoms with Crippen LogP contribution in [0.5, 0.6) is 11.5 Å². The predicted octanol–water partition coefficient (Wildman–Crippen LogP) is 3.89. The molecule has 20 heavy (non-hydrogen) atoms. The summed E-state index contributed by atoms with van der Waals surface area (Å²) in [5, 5.41) is 0.584. The minimum Gasteiger partial charge on any atom is -0.497 e. The maximum Gasteiger partial charge on any atom is 0.132 e. The highest BCUT2D eigenvalue weighted by Crippen LogP contribution is 2.21. The minimum absolute atomic E-state index is 0.227. The Balaban J connectivity index is 1.74. The Kier molecular flexibility index (Phi) is 3.29. The van der Waals surface area contributed by atoms with Crippen molar-refractivity contribution in [3.8, 4) is 11.5 Å². The lowest BCUT2D eigenvalue weighted by Crippen LogP contribution is -1.95. The molecule has 0 aliphatic carbocycles. The normalized spacial score (nSPS) is 10.7. The van der Waals surface area contributed by atoms with E-state index in [1.165, 1.54) is 6.07 Å². The number of benzene rings is 2. The van der Waals surface area contributed by atoms with Crippen LogP contribution in [0.25, 0.3) is 10.9 Å². The zero-order valence-electron chi connectivity index (χ0n) is 11.0. The standard InChI is InChI=1S/C16H14FNO2/c1-19-12-5-7-13(8-6-12)20-10-11-9-14-15(17)3-2-4-16(14)18-11/h2-9,18H,10H2,1H3. The van der Waals surface area contributed by atoms with Crippen LogP contribution >= 0.6 is 0 Å². The SMILES string of the molecule is COc1ccc(OCc2cc3c(F)cccc3[nH]2)cc1. The van der Waals surface area contributed by atoms with Gasteiger partial charge in [0.05, 0.1) is 12.8 Å². The van der Waals surface area contributed by atoms with E-state index in [-0.39, 0.29) is 5.82 Å². The molecule has 0 fully saturated rings. The molecular weight excluding hydrogens is 257 g/mol. The van der Waals surface area contributed by atoms with Crippen LogP contribution in [0, 0.1) is 5.82 Å². The monoisotopic (exact) mass is 271 g/mol. The van der Waals surface area contributed by atoms with Gasteiger partial charge in [0.25, 0.3) is 0 Å². The summed E-state index contributed by atoms with van der Waals surface area (Å²) in [6.45, 7) is 0.362. The van der Waals surface area contributed by atoms with Crippen molar-refractivity contribution in [2.24, 2.45) is 0 Å². The van der Waals surface area contributed by atoms with Gasteiger partial charge in [-0.3, -0.25) is 0 Å². The van der Waals surface area contributed by atoms with E-state index in [1.54, 1.807) is 19.2 Å². The van der Waals surface area contributed by atoms with Gasteiger partial charge in [-0.1, -0.05) is 6.07 Å². The lowest BCUT2D eigenvalue weighted by Gasteiger charge is -2.05. The Bertz CT molecular complexity index is 719. The third-order valence-corrected chi connectivity index (χ3v) is 3.12. The number of ether oxygens (including phenoxy) is 2. The molecule has 4 heteroatoms. The molecule has 3 rings (SSSR count). The third-order valence-electron chi connectivity index (χ3n) is 3.12. The Morgan fingerprint density at radius 3 is 2.50 bits per heavy atom. The first kappa shape index (κ1) is 12.5. The molecule has 0 radical (unpaired) electrons. The summed E-state index contributed by atoms with van der Waals surface area (Å²) in [4.78, 5) is 3.14. The number of nitrogens with one attached hydrogen (secondary N) is 1. The highest BCUT2D eigenvalue weighted by Gasteiger charge is 2.05. The second kappa shape index (κ2) is 5.25. The van der Waals surface area contributed by atoms with Gasteiger partial charge in [-0.25, -0.2) is 4.39 Å². The highest BCUT2D eigenvalue weighted by molar-refractivity contribution is 5.80. The molecule has 3 nitrogen and oxygen atoms in total. The quantitative estimate of drug-likeness (QED) is 0.781. The summed E-state index contributed by atoms with van der Waals surface area (Å²) in [5.74, 6) is 1.30. The van der Waals surface area contributed by atoms with Gasteiger partial charge in [0.2, 0.25) is 0 Å². The van der Waals surface area contributed by atoms with Crippen LogP contribution in [-0.2, 0) is 6.61 Å². The summed E-state index contributed by atoms with van der Waals surface area (Å²) in [7, 11) is 1.62. The molecule has 0 amide bonds. The van der Waals surface area contributed by atoms with Gasteiger partial charge in [0, 0.05) is 10.9 Å². The highest BCUT2D eigenvalue weighted by atomic mass is 19.1. The number of methoxy groups -OCH3 is 1. The smallest absolute Gasteiger partial charge is 0.132 e. The number of H-pyrrole nitrogens is 1. The van der Waals surface area contributed by atoms with Gasteiger partial charge in [-0.2, -0.15) is 0 Å². The molecule has 1 heterocycles. The fraction of sp³-hybridized carbons (Fsp3) is 0.125. The fourth-order valence-corrected chi connectivity index (χ4v) is 2.09. The first-order valence-corrected chi connectivity index (χ1v) is 6.29. The number of halogens is 1. The number of rotatable bonds is 4. The Morgan fingerprint density at radius 2 is 1.80 bits per heavy atom. The molecule has 102 valence electrons. The van der Waals surface area contributed by atoms with Crippen molar-refractivity contribution < 1.29 is 13.9 Å². The summed E-state index contributed by atoms with van der Waals surface area (Å²) in [6, 6.07) is 14.1. The van der Waals surface area contributed by atoms with E-state index in [9.17, 15) is 4.39 Å². The van der Waals surface area contributed by atoms with E-state index in [0.29, 0.717) is 12.0 Å². The van der Waals surface area contributed by atoms with Crippen LogP contribution in [-0.4, -0.2) is 12.1 Å². The summed E-state index contributed by atoms with van der Waals surface area (Å²) < 4.78 is 24.3. The zero-order valence-corrected chi connectivity index (χ0v) is 11.0. The van der Waals surface area contributed by atoms with Crippen molar-refractivity contribution in [1.29, 1.82) is 0 Å². The first-order chi connectivity index (χ1) is 9.76. The predicted molar refractivity (Wildman–Crippen MR) is 75.6 cm³/mol. The Hall–Kier alpha value is -2.49. The fourth-order valence-electron chi connectivity index (χ4n) is 2.09. The maximum absolute atomic E-state index is 13.6. The van der Waals surface area contributed by atoms with E-state index in [1.807, 2.05) is 30.3 Å². The lowest BCUT2D eigenvalue weighted by molar-refractivity contribution is 0.301. The summed E-state index contributed by atoms with van der Waals surface area (Å²) >= 11 is 0. The van der Waals surface area contributed by atoms with Crippen molar-refractivity contribution in [2.75, 3.05) is 7.11 Å². The number of hydrogen-bond acceptors (Lipinski definition) is 2. The number of aromatic amines is 1. The van der Waals surface area contributed by atoms with Crippen molar-refractivity contribution >= 4 is 10.9 Å². The van der Waals surface area contributed by atoms with E-state index in [0.717, 1.165) is 22.7 Å². The number of hydrogen-bond donors (Lipinski definition) is 1. The Morgan fingerprint density at radius 1 is 1.05 bits per heavy atom. The maximum atomic E-state index is 13.6. The average Bonchev–Trinajstić information content (AvgIpc) is 2.90. The minimum atomic E-state index is -0.227. The van der Waals surface area contributed by atoms with Crippen LogP contribution in [0.15, 0.2) is 48.5 Å². The molecule has 0 atom stereocenters. The van der Waals surface area contributed by atoms with Crippen LogP contribution in [0.2, 0.25) is 0 Å². The van der Waals surface area contributed by atoms with Crippen molar-refractivity contribution in [2.45, 2.75) is 6.61 Å².